The normalized spacial score (nSPS) is 16.7. The molecule has 0 bridgehead atoms. The molecular formula is C18H21N7O. The lowest BCUT2D eigenvalue weighted by Gasteiger charge is -2.12. The minimum atomic E-state index is -0.292. The van der Waals surface area contributed by atoms with Crippen molar-refractivity contribution in [1.29, 1.82) is 0 Å². The zero-order chi connectivity index (χ0) is 17.9. The molecule has 4 rings (SSSR count). The van der Waals surface area contributed by atoms with Crippen molar-refractivity contribution in [3.63, 3.8) is 0 Å². The van der Waals surface area contributed by atoms with Crippen LogP contribution in [0.1, 0.15) is 42.1 Å². The number of fused-ring (bicyclic) bond motifs is 1. The van der Waals surface area contributed by atoms with Crippen molar-refractivity contribution in [2.75, 3.05) is 0 Å². The van der Waals surface area contributed by atoms with Crippen LogP contribution in [0.15, 0.2) is 36.7 Å². The van der Waals surface area contributed by atoms with Crippen LogP contribution >= 0.6 is 0 Å². The van der Waals surface area contributed by atoms with E-state index in [-0.39, 0.29) is 11.8 Å². The van der Waals surface area contributed by atoms with Gasteiger partial charge in [-0.2, -0.15) is 5.10 Å². The third-order valence-corrected chi connectivity index (χ3v) is 4.67. The van der Waals surface area contributed by atoms with Crippen molar-refractivity contribution in [2.24, 2.45) is 0 Å². The fourth-order valence-electron chi connectivity index (χ4n) is 3.28. The number of carbonyl (C=O) groups excluding carboxylic acids is 1. The van der Waals surface area contributed by atoms with E-state index < -0.39 is 0 Å². The molecule has 0 radical (unpaired) electrons. The predicted molar refractivity (Wildman–Crippen MR) is 94.6 cm³/mol. The highest BCUT2D eigenvalue weighted by atomic mass is 16.1. The molecule has 1 amide bonds. The number of aryl methyl sites for hydroxylation is 2. The zero-order valence-corrected chi connectivity index (χ0v) is 14.7. The van der Waals surface area contributed by atoms with Crippen molar-refractivity contribution < 1.29 is 4.79 Å². The number of hydrogen-bond acceptors (Lipinski definition) is 5. The van der Waals surface area contributed by atoms with Crippen LogP contribution in [0.3, 0.4) is 0 Å². The van der Waals surface area contributed by atoms with E-state index in [4.69, 9.17) is 0 Å². The molecule has 3 aromatic rings. The summed E-state index contributed by atoms with van der Waals surface area (Å²) in [7, 11) is 0. The first kappa shape index (κ1) is 16.4. The van der Waals surface area contributed by atoms with Crippen LogP contribution in [0.5, 0.6) is 0 Å². The minimum absolute atomic E-state index is 0.0359. The van der Waals surface area contributed by atoms with Crippen LogP contribution in [0, 0.1) is 6.92 Å². The maximum atomic E-state index is 12.7. The molecule has 1 aliphatic heterocycles. The van der Waals surface area contributed by atoms with Gasteiger partial charge in [0.25, 0.3) is 0 Å². The van der Waals surface area contributed by atoms with Gasteiger partial charge in [-0.15, -0.1) is 5.10 Å². The van der Waals surface area contributed by atoms with E-state index in [1.807, 2.05) is 23.0 Å². The van der Waals surface area contributed by atoms with Gasteiger partial charge in [0.15, 0.2) is 5.82 Å². The molecule has 134 valence electrons. The fourth-order valence-corrected chi connectivity index (χ4v) is 3.28. The number of aromatic nitrogens is 6. The average Bonchev–Trinajstić information content (AvgIpc) is 3.26. The molecule has 1 N–H and O–H groups in total. The highest BCUT2D eigenvalue weighted by Gasteiger charge is 2.28. The topological polar surface area (TPSA) is 90.5 Å². The Morgan fingerprint density at radius 3 is 3.15 bits per heavy atom. The van der Waals surface area contributed by atoms with E-state index in [0.717, 1.165) is 37.1 Å². The second-order valence-electron chi connectivity index (χ2n) is 6.66. The Balaban J connectivity index is 1.43. The highest BCUT2D eigenvalue weighted by molar-refractivity contribution is 5.82. The van der Waals surface area contributed by atoms with Gasteiger partial charge in [0, 0.05) is 24.8 Å². The van der Waals surface area contributed by atoms with E-state index in [9.17, 15) is 4.79 Å². The van der Waals surface area contributed by atoms with Gasteiger partial charge >= 0.3 is 0 Å². The average molecular weight is 351 g/mol. The van der Waals surface area contributed by atoms with E-state index in [2.05, 4.69) is 45.0 Å². The van der Waals surface area contributed by atoms with E-state index in [0.29, 0.717) is 12.4 Å². The maximum Gasteiger partial charge on any atom is 0.231 e. The summed E-state index contributed by atoms with van der Waals surface area (Å²) in [5, 5.41) is 19.1. The smallest absolute Gasteiger partial charge is 0.231 e. The molecule has 0 spiro atoms. The molecule has 0 saturated carbocycles. The Labute approximate surface area is 151 Å². The van der Waals surface area contributed by atoms with Crippen molar-refractivity contribution in [3.8, 4) is 5.69 Å². The predicted octanol–water partition coefficient (Wildman–Crippen LogP) is 1.75. The first-order valence-electron chi connectivity index (χ1n) is 8.85. The molecule has 1 aromatic carbocycles. The summed E-state index contributed by atoms with van der Waals surface area (Å²) >= 11 is 0. The van der Waals surface area contributed by atoms with Crippen LogP contribution in [-0.4, -0.2) is 35.9 Å². The minimum Gasteiger partial charge on any atom is -0.351 e. The van der Waals surface area contributed by atoms with Gasteiger partial charge < -0.3 is 5.32 Å². The number of carbonyl (C=O) groups is 1. The van der Waals surface area contributed by atoms with Gasteiger partial charge in [-0.25, -0.2) is 9.36 Å². The molecule has 0 aliphatic carbocycles. The third kappa shape index (κ3) is 3.35. The summed E-state index contributed by atoms with van der Waals surface area (Å²) in [5.74, 6) is 0.334. The Kier molecular flexibility index (Phi) is 4.47. The summed E-state index contributed by atoms with van der Waals surface area (Å²) in [6, 6.07) is 8.13. The van der Waals surface area contributed by atoms with Crippen LogP contribution in [0.25, 0.3) is 5.69 Å². The third-order valence-electron chi connectivity index (χ3n) is 4.67. The number of nitrogens with one attached hydrogen (secondary N) is 1. The van der Waals surface area contributed by atoms with Crippen molar-refractivity contribution in [1.82, 2.24) is 35.3 Å². The fraction of sp³-hybridized carbons (Fsp3) is 0.389. The van der Waals surface area contributed by atoms with E-state index >= 15 is 0 Å². The Hall–Kier alpha value is -3.03. The van der Waals surface area contributed by atoms with Gasteiger partial charge in [0.1, 0.15) is 0 Å². The largest absolute Gasteiger partial charge is 0.351 e. The number of hydrogen-bond donors (Lipinski definition) is 1. The second kappa shape index (κ2) is 7.07. The molecule has 0 fully saturated rings. The molecule has 26 heavy (non-hydrogen) atoms. The number of rotatable bonds is 4. The van der Waals surface area contributed by atoms with Crippen molar-refractivity contribution in [3.05, 3.63) is 53.6 Å². The van der Waals surface area contributed by atoms with Crippen molar-refractivity contribution in [2.45, 2.75) is 45.2 Å². The molecule has 0 saturated heterocycles. The molecular weight excluding hydrogens is 330 g/mol. The van der Waals surface area contributed by atoms with E-state index in [1.54, 1.807) is 10.9 Å². The highest BCUT2D eigenvalue weighted by Crippen LogP contribution is 2.24. The SMILES string of the molecule is Cc1cccc(-n2cc(CNC(=O)C3CCCCn4nnnc43)cn2)c1. The summed E-state index contributed by atoms with van der Waals surface area (Å²) in [6.45, 7) is 3.26. The van der Waals surface area contributed by atoms with E-state index in [1.165, 1.54) is 5.56 Å². The lowest BCUT2D eigenvalue weighted by atomic mass is 10.0. The number of amides is 1. The quantitative estimate of drug-likeness (QED) is 0.773. The Bertz CT molecular complexity index is 914. The summed E-state index contributed by atoms with van der Waals surface area (Å²) in [4.78, 5) is 12.7. The molecule has 8 nitrogen and oxygen atoms in total. The van der Waals surface area contributed by atoms with Crippen LogP contribution < -0.4 is 5.32 Å². The monoisotopic (exact) mass is 351 g/mol. The van der Waals surface area contributed by atoms with Gasteiger partial charge in [-0.1, -0.05) is 18.6 Å². The maximum absolute atomic E-state index is 12.7. The van der Waals surface area contributed by atoms with Gasteiger partial charge in [0.2, 0.25) is 5.91 Å². The molecule has 1 atom stereocenters. The van der Waals surface area contributed by atoms with Crippen molar-refractivity contribution >= 4 is 5.91 Å². The standard InChI is InChI=1S/C18H21N7O/c1-13-5-4-6-15(9-13)25-12-14(11-20-25)10-19-18(26)16-7-2-3-8-24-17(16)21-22-23-24/h4-6,9,11-12,16H,2-3,7-8,10H2,1H3,(H,19,26). The Morgan fingerprint density at radius 1 is 1.35 bits per heavy atom. The molecule has 8 heteroatoms. The lowest BCUT2D eigenvalue weighted by Crippen LogP contribution is -2.30. The number of benzene rings is 1. The molecule has 1 unspecified atom stereocenters. The summed E-state index contributed by atoms with van der Waals surface area (Å²) < 4.78 is 3.56. The summed E-state index contributed by atoms with van der Waals surface area (Å²) in [5.41, 5.74) is 3.14. The number of tetrazole rings is 1. The van der Waals surface area contributed by atoms with Crippen LogP contribution in [0.2, 0.25) is 0 Å². The van der Waals surface area contributed by atoms with Gasteiger partial charge in [0.05, 0.1) is 17.8 Å². The number of nitrogens with zero attached hydrogens (tertiary/aromatic N) is 6. The van der Waals surface area contributed by atoms with Gasteiger partial charge in [-0.05, 0) is 47.9 Å². The summed E-state index contributed by atoms with van der Waals surface area (Å²) in [6.07, 6.45) is 6.46. The second-order valence-corrected chi connectivity index (χ2v) is 6.66. The molecule has 3 heterocycles. The van der Waals surface area contributed by atoms with Crippen LogP contribution in [0.4, 0.5) is 0 Å². The first-order chi connectivity index (χ1) is 12.7. The first-order valence-corrected chi connectivity index (χ1v) is 8.85. The lowest BCUT2D eigenvalue weighted by molar-refractivity contribution is -0.123. The molecule has 2 aromatic heterocycles. The molecule has 1 aliphatic rings. The zero-order valence-electron chi connectivity index (χ0n) is 14.7. The van der Waals surface area contributed by atoms with Gasteiger partial charge in [-0.3, -0.25) is 4.79 Å². The van der Waals surface area contributed by atoms with Crippen LogP contribution in [-0.2, 0) is 17.9 Å². The Morgan fingerprint density at radius 2 is 2.27 bits per heavy atom.